The van der Waals surface area contributed by atoms with Gasteiger partial charge in [0.15, 0.2) is 0 Å². The molecule has 0 radical (unpaired) electrons. The highest BCUT2D eigenvalue weighted by Crippen LogP contribution is 2.30. The van der Waals surface area contributed by atoms with Crippen molar-refractivity contribution in [2.45, 2.75) is 32.9 Å². The second-order valence-corrected chi connectivity index (χ2v) is 5.28. The maximum atomic E-state index is 6.02. The maximum Gasteiger partial charge on any atom is 0.120 e. The molecule has 2 rings (SSSR count). The van der Waals surface area contributed by atoms with Gasteiger partial charge in [0.05, 0.1) is 6.61 Å². The fourth-order valence-corrected chi connectivity index (χ4v) is 2.63. The number of hydrogen-bond acceptors (Lipinski definition) is 3. The number of nitrogens with one attached hydrogen (secondary N) is 1. The molecule has 0 spiro atoms. The van der Waals surface area contributed by atoms with Crippen LogP contribution in [-0.2, 0) is 4.74 Å². The summed E-state index contributed by atoms with van der Waals surface area (Å²) in [5.74, 6) is 1.31. The molecule has 4 heteroatoms. The minimum Gasteiger partial charge on any atom is -0.360 e. The monoisotopic (exact) mass is 248 g/mol. The molecule has 0 aromatic rings. The molecule has 3 unspecified atom stereocenters. The summed E-state index contributed by atoms with van der Waals surface area (Å²) in [6.07, 6.45) is 1.27. The van der Waals surface area contributed by atoms with Gasteiger partial charge in [-0.2, -0.15) is 0 Å². The number of likely N-dealkylation sites (tertiary alicyclic amines) is 1. The van der Waals surface area contributed by atoms with E-state index in [0.29, 0.717) is 11.8 Å². The minimum absolute atomic E-state index is 0. The van der Waals surface area contributed by atoms with E-state index in [1.165, 1.54) is 26.1 Å². The van der Waals surface area contributed by atoms with E-state index in [9.17, 15) is 0 Å². The Labute approximate surface area is 105 Å². The molecule has 2 heterocycles. The molecule has 16 heavy (non-hydrogen) atoms. The summed E-state index contributed by atoms with van der Waals surface area (Å²) in [7, 11) is 0. The van der Waals surface area contributed by atoms with Crippen molar-refractivity contribution in [2.24, 2.45) is 11.8 Å². The van der Waals surface area contributed by atoms with E-state index in [4.69, 9.17) is 4.74 Å². The van der Waals surface area contributed by atoms with Crippen molar-refractivity contribution in [3.63, 3.8) is 0 Å². The lowest BCUT2D eigenvalue weighted by Gasteiger charge is -2.42. The van der Waals surface area contributed by atoms with Crippen LogP contribution in [0.1, 0.15) is 27.2 Å². The molecule has 0 aliphatic carbocycles. The van der Waals surface area contributed by atoms with Gasteiger partial charge in [0.1, 0.15) is 5.72 Å². The van der Waals surface area contributed by atoms with E-state index in [1.54, 1.807) is 0 Å². The first-order valence-corrected chi connectivity index (χ1v) is 6.25. The molecular formula is C12H25ClN2O. The first-order valence-electron chi connectivity index (χ1n) is 6.25. The molecule has 96 valence electrons. The SMILES string of the molecule is CCN1CCC(C2(C)NCC(C)CO2)C1.Cl. The first kappa shape index (κ1) is 14.2. The quantitative estimate of drug-likeness (QED) is 0.806. The van der Waals surface area contributed by atoms with Crippen molar-refractivity contribution in [3.05, 3.63) is 0 Å². The Hall–Kier alpha value is 0.170. The summed E-state index contributed by atoms with van der Waals surface area (Å²) in [5, 5.41) is 3.58. The van der Waals surface area contributed by atoms with Crippen molar-refractivity contribution < 1.29 is 4.74 Å². The number of halogens is 1. The zero-order valence-corrected chi connectivity index (χ0v) is 11.5. The molecule has 3 nitrogen and oxygen atoms in total. The molecule has 3 atom stereocenters. The second-order valence-electron chi connectivity index (χ2n) is 5.28. The Morgan fingerprint density at radius 1 is 1.50 bits per heavy atom. The predicted octanol–water partition coefficient (Wildman–Crippen LogP) is 1.72. The van der Waals surface area contributed by atoms with Crippen molar-refractivity contribution >= 4 is 12.4 Å². The van der Waals surface area contributed by atoms with Crippen molar-refractivity contribution in [1.29, 1.82) is 0 Å². The average Bonchev–Trinajstić information content (AvgIpc) is 2.72. The van der Waals surface area contributed by atoms with E-state index in [1.807, 2.05) is 0 Å². The summed E-state index contributed by atoms with van der Waals surface area (Å²) in [6.45, 7) is 12.3. The van der Waals surface area contributed by atoms with E-state index in [-0.39, 0.29) is 18.1 Å². The molecule has 2 fully saturated rings. The molecule has 0 aromatic heterocycles. The first-order chi connectivity index (χ1) is 7.14. The van der Waals surface area contributed by atoms with Gasteiger partial charge in [-0.1, -0.05) is 13.8 Å². The van der Waals surface area contributed by atoms with Gasteiger partial charge in [-0.05, 0) is 32.4 Å². The van der Waals surface area contributed by atoms with Crippen LogP contribution >= 0.6 is 12.4 Å². The smallest absolute Gasteiger partial charge is 0.120 e. The molecule has 2 saturated heterocycles. The molecule has 2 aliphatic heterocycles. The van der Waals surface area contributed by atoms with Gasteiger partial charge in [-0.3, -0.25) is 5.32 Å². The number of rotatable bonds is 2. The third kappa shape index (κ3) is 2.89. The van der Waals surface area contributed by atoms with Crippen LogP contribution in [0.5, 0.6) is 0 Å². The van der Waals surface area contributed by atoms with E-state index >= 15 is 0 Å². The van der Waals surface area contributed by atoms with Crippen molar-refractivity contribution in [1.82, 2.24) is 10.2 Å². The fraction of sp³-hybridized carbons (Fsp3) is 1.00. The zero-order valence-electron chi connectivity index (χ0n) is 10.7. The number of ether oxygens (including phenoxy) is 1. The van der Waals surface area contributed by atoms with Gasteiger partial charge < -0.3 is 9.64 Å². The zero-order chi connectivity index (χ0) is 10.9. The van der Waals surface area contributed by atoms with Crippen LogP contribution in [0.25, 0.3) is 0 Å². The van der Waals surface area contributed by atoms with Crippen molar-refractivity contribution in [2.75, 3.05) is 32.8 Å². The normalized spacial score (nSPS) is 40.7. The van der Waals surface area contributed by atoms with Crippen LogP contribution < -0.4 is 5.32 Å². The summed E-state index contributed by atoms with van der Waals surface area (Å²) in [6, 6.07) is 0. The topological polar surface area (TPSA) is 24.5 Å². The van der Waals surface area contributed by atoms with Gasteiger partial charge in [-0.15, -0.1) is 12.4 Å². The molecule has 2 aliphatic rings. The summed E-state index contributed by atoms with van der Waals surface area (Å²) < 4.78 is 6.02. The van der Waals surface area contributed by atoms with Crippen LogP contribution in [0.3, 0.4) is 0 Å². The van der Waals surface area contributed by atoms with E-state index in [0.717, 1.165) is 13.2 Å². The highest BCUT2D eigenvalue weighted by molar-refractivity contribution is 5.85. The van der Waals surface area contributed by atoms with Crippen LogP contribution in [0.2, 0.25) is 0 Å². The van der Waals surface area contributed by atoms with Gasteiger partial charge in [0.25, 0.3) is 0 Å². The standard InChI is InChI=1S/C12H24N2O.ClH/c1-4-14-6-5-11(8-14)12(3)13-7-10(2)9-15-12;/h10-11,13H,4-9H2,1-3H3;1H. The van der Waals surface area contributed by atoms with E-state index in [2.05, 4.69) is 31.0 Å². The predicted molar refractivity (Wildman–Crippen MR) is 69.0 cm³/mol. The maximum absolute atomic E-state index is 6.02. The van der Waals surface area contributed by atoms with Crippen molar-refractivity contribution in [3.8, 4) is 0 Å². The van der Waals surface area contributed by atoms with Gasteiger partial charge >= 0.3 is 0 Å². The highest BCUT2D eigenvalue weighted by Gasteiger charge is 2.41. The van der Waals surface area contributed by atoms with Crippen LogP contribution in [0.4, 0.5) is 0 Å². The number of nitrogens with zero attached hydrogens (tertiary/aromatic N) is 1. The Kier molecular flexibility index (Phi) is 5.05. The Morgan fingerprint density at radius 3 is 2.75 bits per heavy atom. The van der Waals surface area contributed by atoms with Crippen LogP contribution in [-0.4, -0.2) is 43.4 Å². The summed E-state index contributed by atoms with van der Waals surface area (Å²) in [4.78, 5) is 2.51. The van der Waals surface area contributed by atoms with Gasteiger partial charge in [0, 0.05) is 19.0 Å². The average molecular weight is 249 g/mol. The molecule has 0 aromatic carbocycles. The number of hydrogen-bond donors (Lipinski definition) is 1. The summed E-state index contributed by atoms with van der Waals surface area (Å²) >= 11 is 0. The second kappa shape index (κ2) is 5.67. The van der Waals surface area contributed by atoms with E-state index < -0.39 is 0 Å². The third-order valence-electron chi connectivity index (χ3n) is 3.97. The van der Waals surface area contributed by atoms with Crippen LogP contribution in [0, 0.1) is 11.8 Å². The lowest BCUT2D eigenvalue weighted by molar-refractivity contribution is -0.133. The summed E-state index contributed by atoms with van der Waals surface area (Å²) in [5.41, 5.74) is -0.0730. The Balaban J connectivity index is 0.00000128. The lowest BCUT2D eigenvalue weighted by Crippen LogP contribution is -2.57. The van der Waals surface area contributed by atoms with Gasteiger partial charge in [-0.25, -0.2) is 0 Å². The fourth-order valence-electron chi connectivity index (χ4n) is 2.63. The van der Waals surface area contributed by atoms with Gasteiger partial charge in [0.2, 0.25) is 0 Å². The minimum atomic E-state index is -0.0730. The molecule has 0 bridgehead atoms. The molecule has 1 N–H and O–H groups in total. The van der Waals surface area contributed by atoms with Crippen LogP contribution in [0.15, 0.2) is 0 Å². The molecule has 0 amide bonds. The molecule has 0 saturated carbocycles. The highest BCUT2D eigenvalue weighted by atomic mass is 35.5. The third-order valence-corrected chi connectivity index (χ3v) is 3.97. The lowest BCUT2D eigenvalue weighted by atomic mass is 9.93. The Morgan fingerprint density at radius 2 is 2.25 bits per heavy atom. The molecular weight excluding hydrogens is 224 g/mol. The largest absolute Gasteiger partial charge is 0.360 e. The Bertz CT molecular complexity index is 217.